The lowest BCUT2D eigenvalue weighted by atomic mass is 9.99. The Bertz CT molecular complexity index is 159. The number of ether oxygens (including phenoxy) is 3. The van der Waals surface area contributed by atoms with E-state index in [0.717, 1.165) is 13.0 Å². The average Bonchev–Trinajstić information content (AvgIpc) is 2.55. The molecule has 2 rings (SSSR count). The second-order valence-corrected chi connectivity index (χ2v) is 3.45. The minimum Gasteiger partial charge on any atom is -0.373 e. The third-order valence-corrected chi connectivity index (χ3v) is 2.69. The predicted octanol–water partition coefficient (Wildman–Crippen LogP) is 0.579. The molecule has 0 aliphatic carbocycles. The highest BCUT2D eigenvalue weighted by Crippen LogP contribution is 2.35. The lowest BCUT2D eigenvalue weighted by Gasteiger charge is -2.26. The molecule has 64 valence electrons. The summed E-state index contributed by atoms with van der Waals surface area (Å²) in [6, 6.07) is 0. The molecule has 0 saturated carbocycles. The fourth-order valence-corrected chi connectivity index (χ4v) is 1.84. The molecule has 0 amide bonds. The monoisotopic (exact) mass is 158 g/mol. The van der Waals surface area contributed by atoms with E-state index >= 15 is 0 Å². The van der Waals surface area contributed by atoms with Gasteiger partial charge in [-0.3, -0.25) is 0 Å². The summed E-state index contributed by atoms with van der Waals surface area (Å²) in [7, 11) is 1.72. The number of rotatable bonds is 1. The van der Waals surface area contributed by atoms with Crippen molar-refractivity contribution in [2.75, 3.05) is 20.3 Å². The SMILES string of the molecule is COC1(C)COC2CCOC21. The van der Waals surface area contributed by atoms with Crippen LogP contribution in [0, 0.1) is 0 Å². The fraction of sp³-hybridized carbons (Fsp3) is 1.00. The summed E-state index contributed by atoms with van der Waals surface area (Å²) in [4.78, 5) is 0. The molecule has 0 aromatic carbocycles. The first-order valence-corrected chi connectivity index (χ1v) is 4.04. The molecule has 3 atom stereocenters. The molecule has 11 heavy (non-hydrogen) atoms. The van der Waals surface area contributed by atoms with E-state index in [0.29, 0.717) is 6.61 Å². The van der Waals surface area contributed by atoms with Crippen LogP contribution in [-0.2, 0) is 14.2 Å². The molecule has 2 aliphatic heterocycles. The van der Waals surface area contributed by atoms with E-state index in [9.17, 15) is 0 Å². The van der Waals surface area contributed by atoms with Crippen molar-refractivity contribution in [3.8, 4) is 0 Å². The molecule has 0 aromatic rings. The quantitative estimate of drug-likeness (QED) is 0.558. The molecule has 2 heterocycles. The second-order valence-electron chi connectivity index (χ2n) is 3.45. The first-order chi connectivity index (χ1) is 5.26. The van der Waals surface area contributed by atoms with Crippen LogP contribution in [0.25, 0.3) is 0 Å². The average molecular weight is 158 g/mol. The Morgan fingerprint density at radius 2 is 2.27 bits per heavy atom. The zero-order valence-corrected chi connectivity index (χ0v) is 7.00. The van der Waals surface area contributed by atoms with Gasteiger partial charge in [-0.25, -0.2) is 0 Å². The van der Waals surface area contributed by atoms with Crippen LogP contribution in [0.2, 0.25) is 0 Å². The Hall–Kier alpha value is -0.120. The topological polar surface area (TPSA) is 27.7 Å². The lowest BCUT2D eigenvalue weighted by molar-refractivity contribution is -0.0790. The van der Waals surface area contributed by atoms with Gasteiger partial charge in [0.1, 0.15) is 11.7 Å². The van der Waals surface area contributed by atoms with E-state index in [4.69, 9.17) is 14.2 Å². The van der Waals surface area contributed by atoms with Gasteiger partial charge in [0.05, 0.1) is 12.7 Å². The maximum absolute atomic E-state index is 5.53. The van der Waals surface area contributed by atoms with Crippen LogP contribution in [0.3, 0.4) is 0 Å². The van der Waals surface area contributed by atoms with Crippen molar-refractivity contribution in [3.05, 3.63) is 0 Å². The maximum Gasteiger partial charge on any atom is 0.117 e. The lowest BCUT2D eigenvalue weighted by Crippen LogP contribution is -2.41. The number of fused-ring (bicyclic) bond motifs is 1. The van der Waals surface area contributed by atoms with Gasteiger partial charge >= 0.3 is 0 Å². The Morgan fingerprint density at radius 1 is 1.45 bits per heavy atom. The number of methoxy groups -OCH3 is 1. The van der Waals surface area contributed by atoms with E-state index in [1.807, 2.05) is 6.92 Å². The summed E-state index contributed by atoms with van der Waals surface area (Å²) in [6.07, 6.45) is 1.45. The van der Waals surface area contributed by atoms with Crippen LogP contribution >= 0.6 is 0 Å². The van der Waals surface area contributed by atoms with Gasteiger partial charge in [-0.15, -0.1) is 0 Å². The van der Waals surface area contributed by atoms with E-state index in [1.165, 1.54) is 0 Å². The van der Waals surface area contributed by atoms with Gasteiger partial charge < -0.3 is 14.2 Å². The molecule has 0 aromatic heterocycles. The van der Waals surface area contributed by atoms with Crippen molar-refractivity contribution < 1.29 is 14.2 Å². The van der Waals surface area contributed by atoms with Gasteiger partial charge in [0.2, 0.25) is 0 Å². The van der Waals surface area contributed by atoms with Crippen molar-refractivity contribution in [2.45, 2.75) is 31.2 Å². The normalized spacial score (nSPS) is 49.6. The highest BCUT2D eigenvalue weighted by molar-refractivity contribution is 4.98. The Kier molecular flexibility index (Phi) is 1.67. The Morgan fingerprint density at radius 3 is 3.00 bits per heavy atom. The Balaban J connectivity index is 2.14. The highest BCUT2D eigenvalue weighted by atomic mass is 16.6. The van der Waals surface area contributed by atoms with Gasteiger partial charge in [0, 0.05) is 13.7 Å². The van der Waals surface area contributed by atoms with Crippen LogP contribution in [0.5, 0.6) is 0 Å². The summed E-state index contributed by atoms with van der Waals surface area (Å²) in [6.45, 7) is 3.52. The van der Waals surface area contributed by atoms with Gasteiger partial charge in [0.25, 0.3) is 0 Å². The minimum atomic E-state index is -0.207. The van der Waals surface area contributed by atoms with Crippen molar-refractivity contribution >= 4 is 0 Å². The molecule has 0 N–H and O–H groups in total. The van der Waals surface area contributed by atoms with Crippen molar-refractivity contribution in [3.63, 3.8) is 0 Å². The van der Waals surface area contributed by atoms with Crippen LogP contribution in [0.15, 0.2) is 0 Å². The highest BCUT2D eigenvalue weighted by Gasteiger charge is 2.50. The summed E-state index contributed by atoms with van der Waals surface area (Å²) >= 11 is 0. The van der Waals surface area contributed by atoms with Crippen LogP contribution in [0.1, 0.15) is 13.3 Å². The molecule has 3 heteroatoms. The van der Waals surface area contributed by atoms with Gasteiger partial charge in [0.15, 0.2) is 0 Å². The summed E-state index contributed by atoms with van der Waals surface area (Å²) in [5.41, 5.74) is -0.207. The van der Waals surface area contributed by atoms with Crippen molar-refractivity contribution in [1.29, 1.82) is 0 Å². The summed E-state index contributed by atoms with van der Waals surface area (Å²) < 4.78 is 16.4. The van der Waals surface area contributed by atoms with Crippen molar-refractivity contribution in [2.24, 2.45) is 0 Å². The standard InChI is InChI=1S/C8H14O3/c1-8(9-2)5-11-6-3-4-10-7(6)8/h6-7H,3-5H2,1-2H3. The summed E-state index contributed by atoms with van der Waals surface area (Å²) in [5.74, 6) is 0. The van der Waals surface area contributed by atoms with Crippen LogP contribution in [0.4, 0.5) is 0 Å². The Labute approximate surface area is 66.6 Å². The molecule has 0 spiro atoms. The zero-order chi connectivity index (χ0) is 7.90. The largest absolute Gasteiger partial charge is 0.373 e. The summed E-state index contributed by atoms with van der Waals surface area (Å²) in [5, 5.41) is 0. The van der Waals surface area contributed by atoms with Crippen molar-refractivity contribution in [1.82, 2.24) is 0 Å². The molecular weight excluding hydrogens is 144 g/mol. The van der Waals surface area contributed by atoms with Crippen LogP contribution < -0.4 is 0 Å². The molecular formula is C8H14O3. The van der Waals surface area contributed by atoms with E-state index in [-0.39, 0.29) is 17.8 Å². The molecule has 0 bridgehead atoms. The van der Waals surface area contributed by atoms with E-state index in [2.05, 4.69) is 0 Å². The maximum atomic E-state index is 5.53. The predicted molar refractivity (Wildman–Crippen MR) is 39.5 cm³/mol. The van der Waals surface area contributed by atoms with Gasteiger partial charge in [-0.2, -0.15) is 0 Å². The zero-order valence-electron chi connectivity index (χ0n) is 7.00. The third-order valence-electron chi connectivity index (χ3n) is 2.69. The van der Waals surface area contributed by atoms with Gasteiger partial charge in [-0.05, 0) is 13.3 Å². The fourth-order valence-electron chi connectivity index (χ4n) is 1.84. The van der Waals surface area contributed by atoms with E-state index in [1.54, 1.807) is 7.11 Å². The number of hydrogen-bond donors (Lipinski definition) is 0. The first kappa shape index (κ1) is 7.53. The number of hydrogen-bond acceptors (Lipinski definition) is 3. The third kappa shape index (κ3) is 0.991. The molecule has 0 radical (unpaired) electrons. The smallest absolute Gasteiger partial charge is 0.117 e. The molecule has 2 fully saturated rings. The molecule has 3 nitrogen and oxygen atoms in total. The molecule has 2 aliphatic rings. The molecule has 2 saturated heterocycles. The van der Waals surface area contributed by atoms with E-state index < -0.39 is 0 Å². The molecule has 3 unspecified atom stereocenters. The minimum absolute atomic E-state index is 0.160. The first-order valence-electron chi connectivity index (χ1n) is 4.04. The van der Waals surface area contributed by atoms with Gasteiger partial charge in [-0.1, -0.05) is 0 Å². The van der Waals surface area contributed by atoms with Crippen LogP contribution in [-0.4, -0.2) is 38.1 Å². The second kappa shape index (κ2) is 2.44.